The number of nitrogen functional groups attached to an aromatic ring is 1. The standard InChI is InChI=1S/C25H21F2N7O4/c1-2-20(35)32-10-4-5-14(12-32)33-25-21(24(28)29-13-30-25)22(31-33)16-9-8-15(11-18(16)27)38-19-7-3-6-17(26)23(19)34(36)37/h2-3,6-9,11,13-14H,1,4-5,10,12H2,(H2,28,29,30). The lowest BCUT2D eigenvalue weighted by atomic mass is 10.1. The van der Waals surface area contributed by atoms with E-state index in [-0.39, 0.29) is 40.5 Å². The van der Waals surface area contributed by atoms with Crippen molar-refractivity contribution in [2.75, 3.05) is 18.8 Å². The second-order valence-corrected chi connectivity index (χ2v) is 8.62. The molecule has 2 aromatic carbocycles. The van der Waals surface area contributed by atoms with Crippen LogP contribution in [0.3, 0.4) is 0 Å². The highest BCUT2D eigenvalue weighted by Crippen LogP contribution is 2.38. The van der Waals surface area contributed by atoms with Gasteiger partial charge in [0.15, 0.2) is 5.65 Å². The maximum absolute atomic E-state index is 15.4. The van der Waals surface area contributed by atoms with Gasteiger partial charge in [-0.2, -0.15) is 9.49 Å². The summed E-state index contributed by atoms with van der Waals surface area (Å²) in [7, 11) is 0. The number of hydrogen-bond donors (Lipinski definition) is 1. The van der Waals surface area contributed by atoms with Gasteiger partial charge in [-0.3, -0.25) is 14.9 Å². The van der Waals surface area contributed by atoms with Gasteiger partial charge in [0.25, 0.3) is 0 Å². The molecule has 13 heteroatoms. The Morgan fingerprint density at radius 2 is 2.05 bits per heavy atom. The van der Waals surface area contributed by atoms with Gasteiger partial charge in [0.1, 0.15) is 29.4 Å². The summed E-state index contributed by atoms with van der Waals surface area (Å²) in [6.45, 7) is 4.50. The van der Waals surface area contributed by atoms with Gasteiger partial charge in [0.05, 0.1) is 16.4 Å². The SMILES string of the molecule is C=CC(=O)N1CCCC(n2nc(-c3ccc(Oc4cccc(F)c4[N+](=O)[O-])cc3F)c3c(N)ncnc32)C1. The van der Waals surface area contributed by atoms with Crippen LogP contribution in [-0.2, 0) is 4.79 Å². The van der Waals surface area contributed by atoms with Gasteiger partial charge in [0, 0.05) is 24.7 Å². The lowest BCUT2D eigenvalue weighted by Crippen LogP contribution is -2.40. The molecular weight excluding hydrogens is 500 g/mol. The van der Waals surface area contributed by atoms with Gasteiger partial charge >= 0.3 is 5.69 Å². The zero-order valence-corrected chi connectivity index (χ0v) is 19.9. The number of nitrogens with two attached hydrogens (primary N) is 1. The quantitative estimate of drug-likeness (QED) is 0.223. The molecule has 38 heavy (non-hydrogen) atoms. The average molecular weight is 521 g/mol. The summed E-state index contributed by atoms with van der Waals surface area (Å²) in [6.07, 6.45) is 3.98. The maximum Gasteiger partial charge on any atom is 0.346 e. The van der Waals surface area contributed by atoms with Crippen LogP contribution in [0.2, 0.25) is 0 Å². The molecule has 1 saturated heterocycles. The molecule has 1 unspecified atom stereocenters. The molecule has 2 aromatic heterocycles. The summed E-state index contributed by atoms with van der Waals surface area (Å²) < 4.78 is 36.4. The summed E-state index contributed by atoms with van der Waals surface area (Å²) in [5.74, 6) is -2.39. The van der Waals surface area contributed by atoms with Crippen molar-refractivity contribution in [1.82, 2.24) is 24.6 Å². The first-order valence-corrected chi connectivity index (χ1v) is 11.6. The molecule has 0 spiro atoms. The Balaban J connectivity index is 1.54. The van der Waals surface area contributed by atoms with Gasteiger partial charge in [0.2, 0.25) is 17.5 Å². The first kappa shape index (κ1) is 24.7. The first-order valence-electron chi connectivity index (χ1n) is 11.6. The van der Waals surface area contributed by atoms with Gasteiger partial charge in [-0.15, -0.1) is 0 Å². The molecule has 1 amide bonds. The Morgan fingerprint density at radius 1 is 1.24 bits per heavy atom. The van der Waals surface area contributed by atoms with Gasteiger partial charge < -0.3 is 15.4 Å². The Hall–Kier alpha value is -4.94. The number of rotatable bonds is 6. The number of ether oxygens (including phenoxy) is 1. The molecule has 1 aliphatic heterocycles. The Morgan fingerprint density at radius 3 is 2.79 bits per heavy atom. The van der Waals surface area contributed by atoms with Crippen molar-refractivity contribution in [3.8, 4) is 22.8 Å². The van der Waals surface area contributed by atoms with Crippen LogP contribution < -0.4 is 10.5 Å². The largest absolute Gasteiger partial charge is 0.450 e. The predicted molar refractivity (Wildman–Crippen MR) is 133 cm³/mol. The highest BCUT2D eigenvalue weighted by atomic mass is 19.1. The van der Waals surface area contributed by atoms with E-state index in [1.165, 1.54) is 36.7 Å². The number of benzene rings is 2. The zero-order chi connectivity index (χ0) is 27.0. The van der Waals surface area contributed by atoms with E-state index in [2.05, 4.69) is 21.6 Å². The van der Waals surface area contributed by atoms with Crippen LogP contribution >= 0.6 is 0 Å². The number of carbonyl (C=O) groups is 1. The lowest BCUT2D eigenvalue weighted by Gasteiger charge is -2.32. The topological polar surface area (TPSA) is 142 Å². The van der Waals surface area contributed by atoms with Crippen molar-refractivity contribution in [2.24, 2.45) is 0 Å². The Labute approximate surface area is 214 Å². The number of aromatic nitrogens is 4. The second-order valence-electron chi connectivity index (χ2n) is 8.62. The number of carbonyl (C=O) groups excluding carboxylic acids is 1. The van der Waals surface area contributed by atoms with E-state index in [9.17, 15) is 19.3 Å². The number of likely N-dealkylation sites (tertiary alicyclic amines) is 1. The number of fused-ring (bicyclic) bond motifs is 1. The summed E-state index contributed by atoms with van der Waals surface area (Å²) in [5.41, 5.74) is 5.93. The highest BCUT2D eigenvalue weighted by molar-refractivity contribution is 5.98. The van der Waals surface area contributed by atoms with Crippen LogP contribution in [0, 0.1) is 21.7 Å². The van der Waals surface area contributed by atoms with E-state index < -0.39 is 22.2 Å². The third-order valence-electron chi connectivity index (χ3n) is 6.30. The van der Waals surface area contributed by atoms with E-state index in [0.717, 1.165) is 18.6 Å². The molecule has 4 aromatic rings. The molecule has 1 fully saturated rings. The highest BCUT2D eigenvalue weighted by Gasteiger charge is 2.29. The minimum atomic E-state index is -1.08. The number of para-hydroxylation sites is 1. The van der Waals surface area contributed by atoms with Gasteiger partial charge in [-0.25, -0.2) is 19.0 Å². The van der Waals surface area contributed by atoms with E-state index in [0.29, 0.717) is 30.5 Å². The number of piperidine rings is 1. The van der Waals surface area contributed by atoms with E-state index in [1.807, 2.05) is 0 Å². The number of nitrogens with zero attached hydrogens (tertiary/aromatic N) is 6. The van der Waals surface area contributed by atoms with Crippen molar-refractivity contribution in [3.05, 3.63) is 77.1 Å². The average Bonchev–Trinajstić information content (AvgIpc) is 3.29. The van der Waals surface area contributed by atoms with Crippen molar-refractivity contribution >= 4 is 28.4 Å². The first-order chi connectivity index (χ1) is 18.3. The molecular formula is C25H21F2N7O4. The van der Waals surface area contributed by atoms with E-state index >= 15 is 4.39 Å². The molecule has 0 aliphatic carbocycles. The summed E-state index contributed by atoms with van der Waals surface area (Å²) in [4.78, 5) is 32.6. The maximum atomic E-state index is 15.4. The number of anilines is 1. The third-order valence-corrected chi connectivity index (χ3v) is 6.30. The van der Waals surface area contributed by atoms with Crippen LogP contribution in [0.1, 0.15) is 18.9 Å². The fourth-order valence-corrected chi connectivity index (χ4v) is 4.56. The Kier molecular flexibility index (Phi) is 6.41. The van der Waals surface area contributed by atoms with E-state index in [1.54, 1.807) is 9.58 Å². The van der Waals surface area contributed by atoms with Crippen LogP contribution in [0.5, 0.6) is 11.5 Å². The number of nitro groups is 1. The molecule has 0 radical (unpaired) electrons. The van der Waals surface area contributed by atoms with E-state index in [4.69, 9.17) is 10.5 Å². The minimum absolute atomic E-state index is 0.0613. The lowest BCUT2D eigenvalue weighted by molar-refractivity contribution is -0.388. The smallest absolute Gasteiger partial charge is 0.346 e. The minimum Gasteiger partial charge on any atom is -0.450 e. The zero-order valence-electron chi connectivity index (χ0n) is 19.9. The molecule has 2 N–H and O–H groups in total. The molecule has 0 bridgehead atoms. The number of nitro benzene ring substituents is 1. The number of amides is 1. The summed E-state index contributed by atoms with van der Waals surface area (Å²) in [6, 6.07) is 6.92. The molecule has 11 nitrogen and oxygen atoms in total. The van der Waals surface area contributed by atoms with Crippen LogP contribution in [0.4, 0.5) is 20.3 Å². The van der Waals surface area contributed by atoms with Gasteiger partial charge in [-0.1, -0.05) is 12.6 Å². The molecule has 5 rings (SSSR count). The molecule has 194 valence electrons. The fraction of sp³-hybridized carbons (Fsp3) is 0.200. The molecule has 1 atom stereocenters. The summed E-state index contributed by atoms with van der Waals surface area (Å²) in [5, 5.41) is 16.2. The summed E-state index contributed by atoms with van der Waals surface area (Å²) >= 11 is 0. The monoisotopic (exact) mass is 521 g/mol. The number of hydrogen-bond acceptors (Lipinski definition) is 8. The van der Waals surface area contributed by atoms with Crippen molar-refractivity contribution in [2.45, 2.75) is 18.9 Å². The van der Waals surface area contributed by atoms with Crippen molar-refractivity contribution in [3.63, 3.8) is 0 Å². The van der Waals surface area contributed by atoms with Crippen molar-refractivity contribution in [1.29, 1.82) is 0 Å². The molecule has 0 saturated carbocycles. The predicted octanol–water partition coefficient (Wildman–Crippen LogP) is 4.40. The van der Waals surface area contributed by atoms with Crippen LogP contribution in [0.25, 0.3) is 22.3 Å². The molecule has 3 heterocycles. The molecule has 1 aliphatic rings. The normalized spacial score (nSPS) is 15.4. The van der Waals surface area contributed by atoms with Gasteiger partial charge in [-0.05, 0) is 43.2 Å². The number of halogens is 2. The fourth-order valence-electron chi connectivity index (χ4n) is 4.56. The second kappa shape index (κ2) is 9.84. The Bertz CT molecular complexity index is 1590. The van der Waals surface area contributed by atoms with Crippen molar-refractivity contribution < 1.29 is 23.2 Å². The van der Waals surface area contributed by atoms with Crippen LogP contribution in [-0.4, -0.2) is 48.6 Å². The third kappa shape index (κ3) is 4.38. The van der Waals surface area contributed by atoms with Crippen LogP contribution in [0.15, 0.2) is 55.4 Å².